The number of carbonyl (C=O) groups is 1. The number of nitrogens with zero attached hydrogens (tertiary/aromatic N) is 4. The Kier molecular flexibility index (Phi) is 4.43. The highest BCUT2D eigenvalue weighted by Crippen LogP contribution is 2.51. The van der Waals surface area contributed by atoms with Gasteiger partial charge in [-0.15, -0.1) is 0 Å². The second-order valence-corrected chi connectivity index (χ2v) is 10.6. The number of amides is 1. The van der Waals surface area contributed by atoms with Crippen molar-refractivity contribution in [3.8, 4) is 0 Å². The molecule has 9 nitrogen and oxygen atoms in total. The van der Waals surface area contributed by atoms with Gasteiger partial charge in [-0.3, -0.25) is 5.10 Å². The van der Waals surface area contributed by atoms with Gasteiger partial charge in [0.2, 0.25) is 0 Å². The van der Waals surface area contributed by atoms with Gasteiger partial charge in [0.05, 0.1) is 10.4 Å². The van der Waals surface area contributed by atoms with Crippen molar-refractivity contribution in [3.05, 3.63) is 35.9 Å². The van der Waals surface area contributed by atoms with Gasteiger partial charge < -0.3 is 15.4 Å². The second kappa shape index (κ2) is 7.13. The molecule has 0 aliphatic heterocycles. The average molecular weight is 454 g/mol. The summed E-state index contributed by atoms with van der Waals surface area (Å²) < 4.78 is 7.37. The van der Waals surface area contributed by atoms with Gasteiger partial charge in [0.1, 0.15) is 11.6 Å². The van der Waals surface area contributed by atoms with Crippen molar-refractivity contribution in [2.24, 2.45) is 0 Å². The third-order valence-corrected chi connectivity index (χ3v) is 7.61. The summed E-state index contributed by atoms with van der Waals surface area (Å²) in [6.07, 6.45) is 9.99. The molecule has 0 aromatic carbocycles. The van der Waals surface area contributed by atoms with Crippen molar-refractivity contribution in [2.75, 3.05) is 5.32 Å². The number of hydrogen-bond donors (Lipinski definition) is 4. The van der Waals surface area contributed by atoms with Gasteiger partial charge >= 0.3 is 6.09 Å². The van der Waals surface area contributed by atoms with Crippen LogP contribution in [0.4, 0.5) is 16.4 Å². The van der Waals surface area contributed by atoms with E-state index in [-0.39, 0.29) is 28.4 Å². The largest absolute Gasteiger partial charge is 0.446 e. The Bertz CT molecular complexity index is 1180. The highest BCUT2D eigenvalue weighted by Gasteiger charge is 2.43. The van der Waals surface area contributed by atoms with E-state index in [1.165, 1.54) is 0 Å². The first-order valence-corrected chi connectivity index (χ1v) is 11.7. The van der Waals surface area contributed by atoms with Crippen molar-refractivity contribution in [1.82, 2.24) is 30.1 Å². The molecule has 3 aliphatic rings. The van der Waals surface area contributed by atoms with Gasteiger partial charge in [-0.25, -0.2) is 14.3 Å². The number of fused-ring (bicyclic) bond motifs is 1. The van der Waals surface area contributed by atoms with Crippen LogP contribution in [0.5, 0.6) is 0 Å². The molecule has 3 aromatic heterocycles. The molecule has 2 unspecified atom stereocenters. The molecule has 3 aromatic rings. The van der Waals surface area contributed by atoms with E-state index in [9.17, 15) is 4.79 Å². The second-order valence-electron chi connectivity index (χ2n) is 9.72. The van der Waals surface area contributed by atoms with E-state index in [0.29, 0.717) is 11.6 Å². The fourth-order valence-corrected chi connectivity index (χ4v) is 4.64. The number of alkyl carbamates (subject to hydrolysis) is 1. The van der Waals surface area contributed by atoms with Crippen LogP contribution in [0.15, 0.2) is 24.5 Å². The van der Waals surface area contributed by atoms with Crippen LogP contribution in [0.3, 0.4) is 0 Å². The Balaban J connectivity index is 1.11. The van der Waals surface area contributed by atoms with E-state index >= 15 is 0 Å². The minimum Gasteiger partial charge on any atom is -0.446 e. The van der Waals surface area contributed by atoms with Crippen LogP contribution in [0.2, 0.25) is 0 Å². The molecule has 10 heteroatoms. The molecule has 0 saturated heterocycles. The average Bonchev–Trinajstić information content (AvgIpc) is 3.41. The zero-order valence-corrected chi connectivity index (χ0v) is 18.9. The third kappa shape index (κ3) is 3.80. The van der Waals surface area contributed by atoms with Crippen molar-refractivity contribution in [1.29, 1.82) is 0 Å². The minimum atomic E-state index is -0.295. The monoisotopic (exact) mass is 453 g/mol. The number of anilines is 2. The van der Waals surface area contributed by atoms with Gasteiger partial charge in [-0.05, 0) is 57.9 Å². The number of carbonyl (C=O) groups excluding carboxylic acids is 1. The predicted molar refractivity (Wildman–Crippen MR) is 122 cm³/mol. The number of H-pyrrole nitrogens is 1. The first-order valence-electron chi connectivity index (χ1n) is 11.3. The molecular weight excluding hydrogens is 426 g/mol. The van der Waals surface area contributed by atoms with E-state index in [0.717, 1.165) is 61.9 Å². The van der Waals surface area contributed by atoms with E-state index in [1.807, 2.05) is 23.7 Å². The lowest BCUT2D eigenvalue weighted by Gasteiger charge is -2.16. The lowest BCUT2D eigenvalue weighted by Crippen LogP contribution is -2.36. The van der Waals surface area contributed by atoms with Crippen LogP contribution < -0.4 is 10.6 Å². The summed E-state index contributed by atoms with van der Waals surface area (Å²) in [6, 6.07) is 4.07. The smallest absolute Gasteiger partial charge is 0.407 e. The molecule has 0 bridgehead atoms. The summed E-state index contributed by atoms with van der Waals surface area (Å²) in [5, 5.41) is 18.5. The van der Waals surface area contributed by atoms with Crippen LogP contribution in [0.1, 0.15) is 69.2 Å². The van der Waals surface area contributed by atoms with E-state index < -0.39 is 0 Å². The van der Waals surface area contributed by atoms with E-state index in [4.69, 9.17) is 17.4 Å². The van der Waals surface area contributed by atoms with Crippen LogP contribution >= 0.6 is 12.6 Å². The van der Waals surface area contributed by atoms with E-state index in [1.54, 1.807) is 6.20 Å². The fraction of sp³-hybridized carbons (Fsp3) is 0.545. The Morgan fingerprint density at radius 3 is 2.91 bits per heavy atom. The number of hydrogen-bond acceptors (Lipinski definition) is 7. The van der Waals surface area contributed by atoms with Gasteiger partial charge in [-0.1, -0.05) is 0 Å². The van der Waals surface area contributed by atoms with Crippen molar-refractivity contribution in [2.45, 2.75) is 74.2 Å². The summed E-state index contributed by atoms with van der Waals surface area (Å²) in [4.78, 5) is 16.6. The maximum atomic E-state index is 12.1. The number of aromatic nitrogens is 5. The lowest BCUT2D eigenvalue weighted by atomic mass is 10.0. The molecule has 0 radical (unpaired) electrons. The maximum Gasteiger partial charge on any atom is 0.407 e. The molecule has 168 valence electrons. The first kappa shape index (κ1) is 19.9. The molecule has 3 saturated carbocycles. The molecule has 3 N–H and O–H groups in total. The Labute approximate surface area is 191 Å². The normalized spacial score (nSPS) is 24.9. The summed E-state index contributed by atoms with van der Waals surface area (Å²) in [7, 11) is 0. The zero-order chi connectivity index (χ0) is 21.9. The Morgan fingerprint density at radius 2 is 2.12 bits per heavy atom. The SMILES string of the molecule is CC1(NC(=O)OC2CCC(c3cc(Nc4nccn5nc(C6(S)CC6)cc45)n[nH]3)C2)CC1. The van der Waals surface area contributed by atoms with Crippen LogP contribution in [0, 0.1) is 0 Å². The van der Waals surface area contributed by atoms with Gasteiger partial charge in [-0.2, -0.15) is 22.8 Å². The van der Waals surface area contributed by atoms with E-state index in [2.05, 4.69) is 37.0 Å². The predicted octanol–water partition coefficient (Wildman–Crippen LogP) is 4.03. The van der Waals surface area contributed by atoms with Crippen molar-refractivity contribution in [3.63, 3.8) is 0 Å². The number of rotatable bonds is 6. The Hall–Kier alpha value is -2.75. The molecule has 3 fully saturated rings. The molecular formula is C22H27N7O2S. The summed E-state index contributed by atoms with van der Waals surface area (Å²) in [5.74, 6) is 1.70. The van der Waals surface area contributed by atoms with Crippen molar-refractivity contribution < 1.29 is 9.53 Å². The van der Waals surface area contributed by atoms with Crippen LogP contribution in [-0.4, -0.2) is 42.5 Å². The van der Waals surface area contributed by atoms with Crippen LogP contribution in [0.25, 0.3) is 5.52 Å². The first-order chi connectivity index (χ1) is 15.4. The standard InChI is InChI=1S/C22H27N7O2S/c1-21(4-5-21)25-20(30)31-14-3-2-13(10-14)15-11-18(27-26-15)24-19-16-12-17(22(32)6-7-22)28-29(16)9-8-23-19/h8-9,11-14,32H,2-7,10H2,1H3,(H,25,30)(H2,23,24,26,27). The summed E-state index contributed by atoms with van der Waals surface area (Å²) in [6.45, 7) is 2.05. The number of aromatic amines is 1. The van der Waals surface area contributed by atoms with Gasteiger partial charge in [0, 0.05) is 35.6 Å². The minimum absolute atomic E-state index is 0.0568. The molecule has 6 rings (SSSR count). The number of nitrogens with one attached hydrogen (secondary N) is 3. The van der Waals surface area contributed by atoms with Crippen LogP contribution in [-0.2, 0) is 9.48 Å². The highest BCUT2D eigenvalue weighted by molar-refractivity contribution is 7.81. The number of thiol groups is 1. The quantitative estimate of drug-likeness (QED) is 0.420. The lowest BCUT2D eigenvalue weighted by molar-refractivity contribution is 0.0967. The topological polar surface area (TPSA) is 109 Å². The van der Waals surface area contributed by atoms with Gasteiger partial charge in [0.15, 0.2) is 11.6 Å². The molecule has 2 atom stereocenters. The Morgan fingerprint density at radius 1 is 1.28 bits per heavy atom. The fourth-order valence-electron chi connectivity index (χ4n) is 4.42. The molecule has 32 heavy (non-hydrogen) atoms. The summed E-state index contributed by atoms with van der Waals surface area (Å²) in [5.41, 5.74) is 2.87. The zero-order valence-electron chi connectivity index (χ0n) is 18.0. The molecule has 3 aliphatic carbocycles. The number of ether oxygens (including phenoxy) is 1. The molecule has 0 spiro atoms. The summed E-state index contributed by atoms with van der Waals surface area (Å²) >= 11 is 4.73. The third-order valence-electron chi connectivity index (χ3n) is 6.94. The maximum absolute atomic E-state index is 12.1. The van der Waals surface area contributed by atoms with Gasteiger partial charge in [0.25, 0.3) is 0 Å². The molecule has 3 heterocycles. The highest BCUT2D eigenvalue weighted by atomic mass is 32.1. The van der Waals surface area contributed by atoms with Crippen molar-refractivity contribution >= 4 is 35.9 Å². The molecule has 1 amide bonds.